The average molecular weight is 291 g/mol. The maximum Gasteiger partial charge on any atom is 0.591 e. The molecule has 2 aromatic heterocycles. The van der Waals surface area contributed by atoms with Crippen molar-refractivity contribution >= 4 is 5.82 Å². The summed E-state index contributed by atoms with van der Waals surface area (Å²) < 4.78 is 8.62. The van der Waals surface area contributed by atoms with Crippen molar-refractivity contribution in [3.63, 3.8) is 0 Å². The van der Waals surface area contributed by atoms with Gasteiger partial charge in [0.05, 0.1) is 0 Å². The number of aromatic nitrogens is 4. The van der Waals surface area contributed by atoms with Crippen LogP contribution in [0.5, 0.6) is 0 Å². The van der Waals surface area contributed by atoms with E-state index < -0.39 is 21.3 Å². The first-order chi connectivity index (χ1) is 10.1. The highest BCUT2D eigenvalue weighted by molar-refractivity contribution is 5.75. The van der Waals surface area contributed by atoms with Crippen molar-refractivity contribution in [1.29, 1.82) is 0 Å². The van der Waals surface area contributed by atoms with Crippen LogP contribution in [0.3, 0.4) is 0 Å². The van der Waals surface area contributed by atoms with Crippen LogP contribution in [0.25, 0.3) is 22.6 Å². The van der Waals surface area contributed by atoms with E-state index in [1.54, 1.807) is 30.3 Å². The molecule has 0 amide bonds. The summed E-state index contributed by atoms with van der Waals surface area (Å²) >= 11 is 0. The van der Waals surface area contributed by atoms with Crippen molar-refractivity contribution in [3.05, 3.63) is 50.9 Å². The van der Waals surface area contributed by atoms with Gasteiger partial charge in [-0.05, 0) is 4.90 Å². The smallest absolute Gasteiger partial charge is 0.359 e. The molecule has 0 bridgehead atoms. The summed E-state index contributed by atoms with van der Waals surface area (Å²) in [5.41, 5.74) is -0.487. The first kappa shape index (κ1) is 12.5. The van der Waals surface area contributed by atoms with Crippen molar-refractivity contribution in [2.45, 2.75) is 0 Å². The van der Waals surface area contributed by atoms with Crippen LogP contribution in [0, 0.1) is 20.5 Å². The van der Waals surface area contributed by atoms with Crippen molar-refractivity contribution in [3.8, 4) is 22.6 Å². The Morgan fingerprint density at radius 2 is 1.62 bits per heavy atom. The second-order valence-corrected chi connectivity index (χ2v) is 3.85. The predicted octanol–water partition coefficient (Wildman–Crippen LogP) is 0.172. The second-order valence-electron chi connectivity index (χ2n) is 3.85. The van der Waals surface area contributed by atoms with Crippen LogP contribution in [0.4, 0.5) is 5.82 Å². The Hall–Kier alpha value is -3.50. The minimum absolute atomic E-state index is 0.00241. The first-order valence-electron chi connectivity index (χ1n) is 5.49. The number of hydrogen-bond acceptors (Lipinski definition) is 8. The summed E-state index contributed by atoms with van der Waals surface area (Å²) in [5.74, 6) is -1.03. The minimum atomic E-state index is -1.03. The molecule has 0 saturated carbocycles. The standard InChI is InChI=1S/C10H5N5O6/c16-13(17)10-8(12-21-15(10)19)9-7(11-20-14(9)18)6-4-2-1-3-5-6/h1-5H. The molecular formula is C10H5N5O6. The third-order valence-electron chi connectivity index (χ3n) is 2.65. The summed E-state index contributed by atoms with van der Waals surface area (Å²) in [6.07, 6.45) is 0. The molecule has 21 heavy (non-hydrogen) atoms. The minimum Gasteiger partial charge on any atom is -0.359 e. The van der Waals surface area contributed by atoms with Gasteiger partial charge < -0.3 is 5.21 Å². The Bertz CT molecular complexity index is 811. The summed E-state index contributed by atoms with van der Waals surface area (Å²) in [5, 5.41) is 40.5. The number of nitro groups is 1. The molecule has 0 radical (unpaired) electrons. The fourth-order valence-electron chi connectivity index (χ4n) is 1.78. The van der Waals surface area contributed by atoms with Crippen molar-refractivity contribution in [2.75, 3.05) is 0 Å². The molecular weight excluding hydrogens is 286 g/mol. The Balaban J connectivity index is 2.25. The van der Waals surface area contributed by atoms with E-state index in [9.17, 15) is 20.5 Å². The molecule has 0 N–H and O–H groups in total. The number of hydrogen-bond donors (Lipinski definition) is 0. The second kappa shape index (κ2) is 4.56. The summed E-state index contributed by atoms with van der Waals surface area (Å²) in [6.45, 7) is 0. The molecule has 11 nitrogen and oxygen atoms in total. The lowest BCUT2D eigenvalue weighted by Gasteiger charge is -1.93. The predicted molar refractivity (Wildman–Crippen MR) is 62.0 cm³/mol. The first-order valence-corrected chi connectivity index (χ1v) is 5.49. The maximum atomic E-state index is 11.7. The Kier molecular flexibility index (Phi) is 2.72. The molecule has 0 aliphatic heterocycles. The molecule has 11 heteroatoms. The topological polar surface area (TPSA) is 149 Å². The molecule has 0 saturated heterocycles. The monoisotopic (exact) mass is 291 g/mol. The quantitative estimate of drug-likeness (QED) is 0.376. The molecule has 2 heterocycles. The van der Waals surface area contributed by atoms with Crippen molar-refractivity contribution in [2.24, 2.45) is 0 Å². The van der Waals surface area contributed by atoms with Crippen LogP contribution in [-0.2, 0) is 0 Å². The SMILES string of the molecule is O=[N+]([O-])c1c(-c2c(-c3ccccc3)no[n+]2[O-])no[n+]1[O-]. The van der Waals surface area contributed by atoms with E-state index in [2.05, 4.69) is 19.6 Å². The van der Waals surface area contributed by atoms with Gasteiger partial charge in [0.25, 0.3) is 17.1 Å². The van der Waals surface area contributed by atoms with E-state index in [0.717, 1.165) is 0 Å². The molecule has 0 aliphatic carbocycles. The van der Waals surface area contributed by atoms with Gasteiger partial charge in [-0.25, -0.2) is 0 Å². The van der Waals surface area contributed by atoms with E-state index in [0.29, 0.717) is 5.56 Å². The van der Waals surface area contributed by atoms with Gasteiger partial charge >= 0.3 is 5.82 Å². The van der Waals surface area contributed by atoms with E-state index in [4.69, 9.17) is 0 Å². The third kappa shape index (κ3) is 1.92. The normalized spacial score (nSPS) is 10.7. The van der Waals surface area contributed by atoms with Crippen LogP contribution in [0.15, 0.2) is 39.6 Å². The number of benzene rings is 1. The Labute approximate surface area is 114 Å². The molecule has 0 spiro atoms. The average Bonchev–Trinajstić information content (AvgIpc) is 3.02. The number of rotatable bonds is 3. The highest BCUT2D eigenvalue weighted by Gasteiger charge is 2.40. The third-order valence-corrected chi connectivity index (χ3v) is 2.65. The lowest BCUT2D eigenvalue weighted by atomic mass is 10.1. The van der Waals surface area contributed by atoms with E-state index >= 15 is 0 Å². The largest absolute Gasteiger partial charge is 0.591 e. The van der Waals surface area contributed by atoms with E-state index in [1.165, 1.54) is 0 Å². The highest BCUT2D eigenvalue weighted by Crippen LogP contribution is 2.30. The molecule has 0 unspecified atom stereocenters. The van der Waals surface area contributed by atoms with Gasteiger partial charge in [-0.2, -0.15) is 0 Å². The summed E-state index contributed by atoms with van der Waals surface area (Å²) in [4.78, 5) is 9.39. The molecule has 0 aliphatic rings. The van der Waals surface area contributed by atoms with Gasteiger partial charge in [-0.15, -0.1) is 5.16 Å². The zero-order valence-electron chi connectivity index (χ0n) is 10.1. The fourth-order valence-corrected chi connectivity index (χ4v) is 1.78. The van der Waals surface area contributed by atoms with Crippen LogP contribution in [0.2, 0.25) is 0 Å². The molecule has 3 rings (SSSR count). The van der Waals surface area contributed by atoms with Crippen LogP contribution >= 0.6 is 0 Å². The Morgan fingerprint density at radius 3 is 2.29 bits per heavy atom. The molecule has 0 fully saturated rings. The Morgan fingerprint density at radius 1 is 1.00 bits per heavy atom. The maximum absolute atomic E-state index is 11.7. The van der Waals surface area contributed by atoms with E-state index in [-0.39, 0.29) is 16.3 Å². The van der Waals surface area contributed by atoms with Gasteiger partial charge in [0.1, 0.15) is 9.83 Å². The fraction of sp³-hybridized carbons (Fsp3) is 0. The summed E-state index contributed by atoms with van der Waals surface area (Å²) in [7, 11) is 0. The van der Waals surface area contributed by atoms with Gasteiger partial charge in [-0.3, -0.25) is 24.6 Å². The van der Waals surface area contributed by atoms with Gasteiger partial charge in [0, 0.05) is 10.7 Å². The zero-order chi connectivity index (χ0) is 15.0. The molecule has 106 valence electrons. The van der Waals surface area contributed by atoms with Gasteiger partial charge in [-0.1, -0.05) is 30.3 Å². The van der Waals surface area contributed by atoms with Crippen molar-refractivity contribution < 1.29 is 24.0 Å². The lowest BCUT2D eigenvalue weighted by molar-refractivity contribution is -0.825. The molecule has 3 aromatic rings. The zero-order valence-corrected chi connectivity index (χ0v) is 10.1. The van der Waals surface area contributed by atoms with Crippen LogP contribution in [0.1, 0.15) is 0 Å². The highest BCUT2D eigenvalue weighted by atomic mass is 16.8. The van der Waals surface area contributed by atoms with Gasteiger partial charge in [0.15, 0.2) is 0 Å². The van der Waals surface area contributed by atoms with Crippen LogP contribution < -0.4 is 9.81 Å². The van der Waals surface area contributed by atoms with Gasteiger partial charge in [0.2, 0.25) is 0 Å². The van der Waals surface area contributed by atoms with E-state index in [1.807, 2.05) is 0 Å². The molecule has 1 aromatic carbocycles. The lowest BCUT2D eigenvalue weighted by Crippen LogP contribution is -2.28. The number of nitrogens with zero attached hydrogens (tertiary/aromatic N) is 5. The van der Waals surface area contributed by atoms with Crippen molar-refractivity contribution in [1.82, 2.24) is 10.3 Å². The van der Waals surface area contributed by atoms with Crippen LogP contribution in [-0.4, -0.2) is 15.2 Å². The summed E-state index contributed by atoms with van der Waals surface area (Å²) in [6, 6.07) is 8.30. The molecule has 0 atom stereocenters.